The van der Waals surface area contributed by atoms with Gasteiger partial charge >= 0.3 is 25.0 Å². The molecule has 1 atom stereocenters. The van der Waals surface area contributed by atoms with E-state index in [0.29, 0.717) is 5.92 Å². The average molecular weight is 205 g/mol. The number of rotatable bonds is 0. The van der Waals surface area contributed by atoms with Crippen LogP contribution in [-0.2, 0) is 4.74 Å². The molecule has 1 rings (SSSR count). The number of ether oxygens (including phenoxy) is 1. The minimum Gasteiger partial charge on any atom is -0.457 e. The topological polar surface area (TPSA) is 29.5 Å². The summed E-state index contributed by atoms with van der Waals surface area (Å²) in [6.07, 6.45) is 1.92. The normalized spacial score (nSPS) is 21.9. The molecule has 0 aromatic rings. The molecule has 82 valence electrons. The van der Waals surface area contributed by atoms with Crippen LogP contribution in [0.3, 0.4) is 0 Å². The molecule has 15 heavy (non-hydrogen) atoms. The first kappa shape index (κ1) is 14.9. The van der Waals surface area contributed by atoms with Gasteiger partial charge in [0, 0.05) is 0 Å². The molecule has 1 aliphatic heterocycles. The second-order valence-corrected chi connectivity index (χ2v) is 5.00. The van der Waals surface area contributed by atoms with Crippen molar-refractivity contribution >= 4 is 6.09 Å². The van der Waals surface area contributed by atoms with Crippen LogP contribution in [-0.4, -0.2) is 23.1 Å². The van der Waals surface area contributed by atoms with E-state index in [1.54, 1.807) is 4.90 Å². The molecule has 0 saturated carbocycles. The van der Waals surface area contributed by atoms with Crippen LogP contribution in [0.25, 0.3) is 0 Å². The molecule has 0 bridgehead atoms. The van der Waals surface area contributed by atoms with Crippen LogP contribution in [0.2, 0.25) is 0 Å². The molecule has 1 amide bonds. The summed E-state index contributed by atoms with van der Waals surface area (Å²) in [6.45, 7) is 10.5. The van der Waals surface area contributed by atoms with Crippen molar-refractivity contribution in [2.24, 2.45) is 5.92 Å². The fourth-order valence-electron chi connectivity index (χ4n) is 1.49. The largest absolute Gasteiger partial charge is 1.00 e. The second kappa shape index (κ2) is 5.82. The fourth-order valence-corrected chi connectivity index (χ4v) is 1.49. The molecular formula is C11H20LiNO2. The standard InChI is InChI=1S/C11H20NO2.Li/c1-9-6-5-7-12(8-9)10(13)14-11(2,3)4;/h7,9H,5-6,8H2,1-4H3;/q-1;+1. The Labute approximate surface area is 105 Å². The predicted molar refractivity (Wildman–Crippen MR) is 55.6 cm³/mol. The average Bonchev–Trinajstić information content (AvgIpc) is 2.01. The summed E-state index contributed by atoms with van der Waals surface area (Å²) >= 11 is 0. The molecule has 4 heteroatoms. The summed E-state index contributed by atoms with van der Waals surface area (Å²) in [5.41, 5.74) is -0.397. The number of carbonyl (C=O) groups is 1. The first-order valence-corrected chi connectivity index (χ1v) is 5.21. The van der Waals surface area contributed by atoms with Crippen LogP contribution < -0.4 is 18.9 Å². The quantitative estimate of drug-likeness (QED) is 0.405. The fraction of sp³-hybridized carbons (Fsp3) is 0.818. The van der Waals surface area contributed by atoms with E-state index >= 15 is 0 Å². The third-order valence-electron chi connectivity index (χ3n) is 2.15. The first-order valence-electron chi connectivity index (χ1n) is 5.21. The number of likely N-dealkylation sites (tertiary alicyclic amines) is 1. The van der Waals surface area contributed by atoms with Crippen LogP contribution in [0, 0.1) is 12.5 Å². The van der Waals surface area contributed by atoms with E-state index in [-0.39, 0.29) is 25.0 Å². The maximum Gasteiger partial charge on any atom is 1.00 e. The SMILES string of the molecule is CC1CC[CH-]N(C(=O)OC(C)(C)C)C1.[Li+]. The zero-order chi connectivity index (χ0) is 10.8. The van der Waals surface area contributed by atoms with Crippen LogP contribution >= 0.6 is 0 Å². The summed E-state index contributed by atoms with van der Waals surface area (Å²) in [5.74, 6) is 0.576. The molecule has 1 unspecified atom stereocenters. The Hall–Kier alpha value is -0.133. The Morgan fingerprint density at radius 1 is 1.47 bits per heavy atom. The third kappa shape index (κ3) is 5.49. The molecule has 1 saturated heterocycles. The summed E-state index contributed by atoms with van der Waals surface area (Å²) < 4.78 is 5.28. The number of amides is 1. The molecule has 1 fully saturated rings. The van der Waals surface area contributed by atoms with Crippen molar-refractivity contribution in [1.29, 1.82) is 0 Å². The van der Waals surface area contributed by atoms with Crippen molar-refractivity contribution in [3.8, 4) is 0 Å². The molecule has 1 aliphatic rings. The van der Waals surface area contributed by atoms with E-state index in [4.69, 9.17) is 4.74 Å². The van der Waals surface area contributed by atoms with Crippen molar-refractivity contribution in [1.82, 2.24) is 4.90 Å². The maximum atomic E-state index is 11.6. The molecule has 0 N–H and O–H groups in total. The summed E-state index contributed by atoms with van der Waals surface area (Å²) in [7, 11) is 0. The Morgan fingerprint density at radius 2 is 2.07 bits per heavy atom. The number of carbonyl (C=O) groups excluding carboxylic acids is 1. The second-order valence-electron chi connectivity index (χ2n) is 5.00. The Kier molecular flexibility index (Phi) is 5.77. The zero-order valence-corrected chi connectivity index (χ0v) is 10.5. The zero-order valence-electron chi connectivity index (χ0n) is 10.5. The van der Waals surface area contributed by atoms with Crippen molar-refractivity contribution in [2.45, 2.75) is 46.1 Å². The number of piperidine rings is 1. The van der Waals surface area contributed by atoms with E-state index in [0.717, 1.165) is 13.0 Å². The first-order chi connectivity index (χ1) is 6.38. The van der Waals surface area contributed by atoms with Crippen LogP contribution in [0.1, 0.15) is 40.5 Å². The van der Waals surface area contributed by atoms with Gasteiger partial charge in [0.25, 0.3) is 0 Å². The van der Waals surface area contributed by atoms with Gasteiger partial charge in [-0.15, -0.1) is 0 Å². The van der Waals surface area contributed by atoms with Gasteiger partial charge in [-0.25, -0.2) is 11.3 Å². The third-order valence-corrected chi connectivity index (χ3v) is 2.15. The van der Waals surface area contributed by atoms with Crippen LogP contribution in [0.15, 0.2) is 0 Å². The van der Waals surface area contributed by atoms with Gasteiger partial charge in [0.15, 0.2) is 0 Å². The number of nitrogens with zero attached hydrogens (tertiary/aromatic N) is 1. The molecule has 0 aliphatic carbocycles. The summed E-state index contributed by atoms with van der Waals surface area (Å²) in [4.78, 5) is 13.3. The van der Waals surface area contributed by atoms with Gasteiger partial charge in [0.1, 0.15) is 5.60 Å². The molecule has 0 radical (unpaired) electrons. The van der Waals surface area contributed by atoms with Crippen molar-refractivity contribution in [3.63, 3.8) is 0 Å². The Morgan fingerprint density at radius 3 is 2.53 bits per heavy atom. The van der Waals surface area contributed by atoms with Crippen molar-refractivity contribution in [3.05, 3.63) is 6.54 Å². The van der Waals surface area contributed by atoms with E-state index in [1.165, 1.54) is 6.42 Å². The van der Waals surface area contributed by atoms with E-state index < -0.39 is 5.60 Å². The van der Waals surface area contributed by atoms with E-state index in [9.17, 15) is 4.79 Å². The predicted octanol–water partition coefficient (Wildman–Crippen LogP) is -0.181. The molecule has 0 spiro atoms. The van der Waals surface area contributed by atoms with Gasteiger partial charge in [-0.1, -0.05) is 13.3 Å². The van der Waals surface area contributed by atoms with Gasteiger partial charge in [0.05, 0.1) is 0 Å². The summed E-state index contributed by atoms with van der Waals surface area (Å²) in [5, 5.41) is 0. The summed E-state index contributed by atoms with van der Waals surface area (Å²) in [6, 6.07) is 0. The Bertz CT molecular complexity index is 213. The maximum absolute atomic E-state index is 11.6. The monoisotopic (exact) mass is 205 g/mol. The van der Waals surface area contributed by atoms with Crippen LogP contribution in [0.4, 0.5) is 4.79 Å². The smallest absolute Gasteiger partial charge is 0.457 e. The van der Waals surface area contributed by atoms with Crippen LogP contribution in [0.5, 0.6) is 0 Å². The minimum atomic E-state index is -0.397. The number of hydrogen-bond donors (Lipinski definition) is 0. The minimum absolute atomic E-state index is 0. The Balaban J connectivity index is 0.00000196. The van der Waals surface area contributed by atoms with E-state index in [2.05, 4.69) is 6.92 Å². The van der Waals surface area contributed by atoms with Gasteiger partial charge in [-0.05, 0) is 33.2 Å². The van der Waals surface area contributed by atoms with Gasteiger partial charge in [0.2, 0.25) is 0 Å². The van der Waals surface area contributed by atoms with Gasteiger partial charge in [-0.2, -0.15) is 6.42 Å². The van der Waals surface area contributed by atoms with E-state index in [1.807, 2.05) is 27.3 Å². The van der Waals surface area contributed by atoms with Gasteiger partial charge in [-0.3, -0.25) is 0 Å². The molecule has 3 nitrogen and oxygen atoms in total. The van der Waals surface area contributed by atoms with Gasteiger partial charge < -0.3 is 9.64 Å². The number of hydrogen-bond acceptors (Lipinski definition) is 2. The van der Waals surface area contributed by atoms with Crippen molar-refractivity contribution in [2.75, 3.05) is 6.54 Å². The molecular weight excluding hydrogens is 185 g/mol. The molecule has 0 aromatic heterocycles. The molecule has 1 heterocycles. The van der Waals surface area contributed by atoms with Crippen molar-refractivity contribution < 1.29 is 28.4 Å². The molecule has 0 aromatic carbocycles.